The van der Waals surface area contributed by atoms with E-state index in [1.807, 2.05) is 0 Å². The lowest BCUT2D eigenvalue weighted by Gasteiger charge is -2.15. The fourth-order valence-corrected chi connectivity index (χ4v) is 2.50. The van der Waals surface area contributed by atoms with E-state index in [9.17, 15) is 8.42 Å². The summed E-state index contributed by atoms with van der Waals surface area (Å²) in [6.45, 7) is -0.741. The first kappa shape index (κ1) is 13.0. The Kier molecular flexibility index (Phi) is 4.05. The summed E-state index contributed by atoms with van der Waals surface area (Å²) in [5.74, 6) is 0. The maximum absolute atomic E-state index is 12.0. The Morgan fingerprint density at radius 3 is 2.29 bits per heavy atom. The van der Waals surface area contributed by atoms with Crippen molar-refractivity contribution < 1.29 is 8.42 Å². The molecule has 0 amide bonds. The predicted octanol–water partition coefficient (Wildman–Crippen LogP) is 0.307. The number of sulfonamides is 1. The van der Waals surface area contributed by atoms with Gasteiger partial charge in [-0.15, -0.1) is 0 Å². The van der Waals surface area contributed by atoms with E-state index in [4.69, 9.17) is 16.3 Å². The Hall–Kier alpha value is -2.09. The normalized spacial score (nSPS) is 10.8. The van der Waals surface area contributed by atoms with Gasteiger partial charge in [0.25, 0.3) is 0 Å². The quantitative estimate of drug-likeness (QED) is 0.610. The van der Waals surface area contributed by atoms with Gasteiger partial charge in [-0.2, -0.15) is 14.8 Å². The van der Waals surface area contributed by atoms with Crippen LogP contribution in [0.1, 0.15) is 0 Å². The van der Waals surface area contributed by atoms with Crippen molar-refractivity contribution in [2.45, 2.75) is 4.90 Å². The summed E-state index contributed by atoms with van der Waals surface area (Å²) in [7, 11) is -3.84. The lowest BCUT2D eigenvalue weighted by molar-refractivity contribution is 0.479. The average Bonchev–Trinajstić information content (AvgIpc) is 2.29. The van der Waals surface area contributed by atoms with Gasteiger partial charge in [0.2, 0.25) is 10.0 Å². The molecule has 6 nitrogen and oxygen atoms in total. The SMILES string of the molecule is N#CCN(CC#N)S(=O)(=O)c1cccc(N)c1. The largest absolute Gasteiger partial charge is 0.399 e. The zero-order chi connectivity index (χ0) is 12.9. The summed E-state index contributed by atoms with van der Waals surface area (Å²) in [5, 5.41) is 17.1. The van der Waals surface area contributed by atoms with Gasteiger partial charge >= 0.3 is 0 Å². The molecule has 0 radical (unpaired) electrons. The van der Waals surface area contributed by atoms with Crippen LogP contribution in [0, 0.1) is 22.7 Å². The van der Waals surface area contributed by atoms with Crippen molar-refractivity contribution in [1.82, 2.24) is 4.31 Å². The molecule has 0 aliphatic heterocycles. The van der Waals surface area contributed by atoms with Gasteiger partial charge < -0.3 is 5.73 Å². The lowest BCUT2D eigenvalue weighted by Crippen LogP contribution is -2.31. The third-order valence-corrected chi connectivity index (χ3v) is 3.78. The van der Waals surface area contributed by atoms with Crippen molar-refractivity contribution >= 4 is 15.7 Å². The van der Waals surface area contributed by atoms with Crippen LogP contribution in [0.2, 0.25) is 0 Å². The van der Waals surface area contributed by atoms with Crippen molar-refractivity contribution in [3.8, 4) is 12.1 Å². The molecule has 17 heavy (non-hydrogen) atoms. The molecule has 88 valence electrons. The van der Waals surface area contributed by atoms with Crippen molar-refractivity contribution in [3.05, 3.63) is 24.3 Å². The first-order chi connectivity index (χ1) is 8.02. The monoisotopic (exact) mass is 250 g/mol. The number of anilines is 1. The number of hydrogen-bond donors (Lipinski definition) is 1. The molecule has 0 spiro atoms. The van der Waals surface area contributed by atoms with Gasteiger partial charge in [-0.3, -0.25) is 0 Å². The van der Waals surface area contributed by atoms with Crippen LogP contribution in [0.25, 0.3) is 0 Å². The molecular formula is C10H10N4O2S. The van der Waals surface area contributed by atoms with Gasteiger partial charge in [0.15, 0.2) is 0 Å². The fraction of sp³-hybridized carbons (Fsp3) is 0.200. The van der Waals surface area contributed by atoms with E-state index in [1.54, 1.807) is 18.2 Å². The van der Waals surface area contributed by atoms with Crippen LogP contribution in [0.3, 0.4) is 0 Å². The molecule has 1 aromatic carbocycles. The minimum absolute atomic E-state index is 0.0250. The number of nitrogens with two attached hydrogens (primary N) is 1. The summed E-state index contributed by atoms with van der Waals surface area (Å²) >= 11 is 0. The molecule has 0 bridgehead atoms. The number of benzene rings is 1. The third-order valence-electron chi connectivity index (χ3n) is 1.99. The zero-order valence-electron chi connectivity index (χ0n) is 8.87. The maximum Gasteiger partial charge on any atom is 0.245 e. The van der Waals surface area contributed by atoms with Gasteiger partial charge in [-0.1, -0.05) is 6.07 Å². The molecule has 0 saturated carbocycles. The second-order valence-electron chi connectivity index (χ2n) is 3.16. The third kappa shape index (κ3) is 2.94. The standard InChI is InChI=1S/C10H10N4O2S/c11-4-6-14(7-5-12)17(15,16)10-3-1-2-9(13)8-10/h1-3,8H,6-7,13H2. The Bertz CT molecular complexity index is 567. The molecule has 1 rings (SSSR count). The Morgan fingerprint density at radius 1 is 1.24 bits per heavy atom. The van der Waals surface area contributed by atoms with Gasteiger partial charge in [-0.25, -0.2) is 8.42 Å². The molecule has 0 fully saturated rings. The number of hydrogen-bond acceptors (Lipinski definition) is 5. The van der Waals surface area contributed by atoms with Crippen LogP contribution in [0.5, 0.6) is 0 Å². The van der Waals surface area contributed by atoms with Crippen molar-refractivity contribution in [2.24, 2.45) is 0 Å². The van der Waals surface area contributed by atoms with E-state index in [0.29, 0.717) is 5.69 Å². The average molecular weight is 250 g/mol. The van der Waals surface area contributed by atoms with Crippen LogP contribution < -0.4 is 5.73 Å². The molecule has 1 aromatic rings. The molecule has 0 aromatic heterocycles. The van der Waals surface area contributed by atoms with E-state index in [0.717, 1.165) is 4.31 Å². The van der Waals surface area contributed by atoms with Crippen molar-refractivity contribution in [2.75, 3.05) is 18.8 Å². The highest BCUT2D eigenvalue weighted by Crippen LogP contribution is 2.17. The highest BCUT2D eigenvalue weighted by Gasteiger charge is 2.23. The Morgan fingerprint density at radius 2 is 1.82 bits per heavy atom. The second-order valence-corrected chi connectivity index (χ2v) is 5.10. The van der Waals surface area contributed by atoms with E-state index in [-0.39, 0.29) is 18.0 Å². The van der Waals surface area contributed by atoms with E-state index >= 15 is 0 Å². The minimum Gasteiger partial charge on any atom is -0.399 e. The molecule has 7 heteroatoms. The van der Waals surface area contributed by atoms with Gasteiger partial charge in [0, 0.05) is 5.69 Å². The van der Waals surface area contributed by atoms with Crippen LogP contribution in [-0.2, 0) is 10.0 Å². The maximum atomic E-state index is 12.0. The van der Waals surface area contributed by atoms with Crippen LogP contribution in [0.15, 0.2) is 29.2 Å². The molecular weight excluding hydrogens is 240 g/mol. The fourth-order valence-electron chi connectivity index (χ4n) is 1.21. The summed E-state index contributed by atoms with van der Waals surface area (Å²) in [4.78, 5) is -0.0250. The van der Waals surface area contributed by atoms with Crippen molar-refractivity contribution in [1.29, 1.82) is 10.5 Å². The summed E-state index contributed by atoms with van der Waals surface area (Å²) in [6, 6.07) is 9.12. The number of rotatable bonds is 4. The van der Waals surface area contributed by atoms with Gasteiger partial charge in [-0.05, 0) is 18.2 Å². The Balaban J connectivity index is 3.18. The summed E-state index contributed by atoms with van der Waals surface area (Å²) in [6.07, 6.45) is 0. The molecule has 0 aliphatic rings. The van der Waals surface area contributed by atoms with Gasteiger partial charge in [0.1, 0.15) is 13.1 Å². The van der Waals surface area contributed by atoms with Crippen molar-refractivity contribution in [3.63, 3.8) is 0 Å². The number of nitrogens with zero attached hydrogens (tertiary/aromatic N) is 3. The highest BCUT2D eigenvalue weighted by molar-refractivity contribution is 7.89. The van der Waals surface area contributed by atoms with Crippen LogP contribution in [0.4, 0.5) is 5.69 Å². The number of nitrogen functional groups attached to an aromatic ring is 1. The summed E-state index contributed by atoms with van der Waals surface area (Å²) < 4.78 is 24.9. The summed E-state index contributed by atoms with van der Waals surface area (Å²) in [5.41, 5.74) is 5.80. The molecule has 0 atom stereocenters. The van der Waals surface area contributed by atoms with Gasteiger partial charge in [0.05, 0.1) is 17.0 Å². The highest BCUT2D eigenvalue weighted by atomic mass is 32.2. The molecule has 2 N–H and O–H groups in total. The minimum atomic E-state index is -3.84. The van der Waals surface area contributed by atoms with E-state index < -0.39 is 10.0 Å². The second kappa shape index (κ2) is 5.30. The van der Waals surface area contributed by atoms with E-state index in [1.165, 1.54) is 18.2 Å². The van der Waals surface area contributed by atoms with Crippen LogP contribution in [-0.4, -0.2) is 25.8 Å². The first-order valence-electron chi connectivity index (χ1n) is 4.62. The predicted molar refractivity (Wildman–Crippen MR) is 60.8 cm³/mol. The lowest BCUT2D eigenvalue weighted by atomic mass is 10.3. The molecule has 0 aliphatic carbocycles. The number of nitriles is 2. The van der Waals surface area contributed by atoms with Crippen LogP contribution >= 0.6 is 0 Å². The smallest absolute Gasteiger partial charge is 0.245 e. The molecule has 0 unspecified atom stereocenters. The Labute approximate surface area is 99.5 Å². The molecule has 0 saturated heterocycles. The topological polar surface area (TPSA) is 111 Å². The first-order valence-corrected chi connectivity index (χ1v) is 6.06. The molecule has 0 heterocycles. The zero-order valence-corrected chi connectivity index (χ0v) is 9.68. The van der Waals surface area contributed by atoms with E-state index in [2.05, 4.69) is 0 Å².